The van der Waals surface area contributed by atoms with E-state index in [1.165, 1.54) is 11.3 Å². The minimum atomic E-state index is -0.914. The first kappa shape index (κ1) is 13.9. The predicted molar refractivity (Wildman–Crippen MR) is 82.0 cm³/mol. The molecule has 1 aromatic heterocycles. The molecule has 1 amide bonds. The SMILES string of the molecule is CCOc1ccc2nc(NC(=O)[C@H]3CC3(Cl)Cl)sc2c1. The number of rotatable bonds is 4. The maximum atomic E-state index is 11.9. The van der Waals surface area contributed by atoms with Gasteiger partial charge in [0, 0.05) is 0 Å². The van der Waals surface area contributed by atoms with E-state index in [4.69, 9.17) is 27.9 Å². The zero-order chi connectivity index (χ0) is 14.3. The second-order valence-electron chi connectivity index (χ2n) is 4.59. The van der Waals surface area contributed by atoms with Gasteiger partial charge in [0.1, 0.15) is 10.1 Å². The molecular weight excluding hydrogens is 319 g/mol. The van der Waals surface area contributed by atoms with Crippen LogP contribution >= 0.6 is 34.5 Å². The summed E-state index contributed by atoms with van der Waals surface area (Å²) in [4.78, 5) is 16.3. The molecule has 2 aromatic rings. The van der Waals surface area contributed by atoms with E-state index >= 15 is 0 Å². The van der Waals surface area contributed by atoms with Gasteiger partial charge in [-0.25, -0.2) is 4.98 Å². The van der Waals surface area contributed by atoms with E-state index in [-0.39, 0.29) is 11.8 Å². The number of anilines is 1. The van der Waals surface area contributed by atoms with Gasteiger partial charge >= 0.3 is 0 Å². The van der Waals surface area contributed by atoms with Gasteiger partial charge in [0.25, 0.3) is 0 Å². The van der Waals surface area contributed by atoms with Gasteiger partial charge in [0.2, 0.25) is 5.91 Å². The van der Waals surface area contributed by atoms with E-state index in [0.717, 1.165) is 16.0 Å². The summed E-state index contributed by atoms with van der Waals surface area (Å²) in [6, 6.07) is 5.65. The Morgan fingerprint density at radius 2 is 2.35 bits per heavy atom. The van der Waals surface area contributed by atoms with Gasteiger partial charge in [0.15, 0.2) is 5.13 Å². The highest BCUT2D eigenvalue weighted by Gasteiger charge is 2.56. The first-order valence-corrected chi connectivity index (χ1v) is 7.79. The summed E-state index contributed by atoms with van der Waals surface area (Å²) < 4.78 is 5.49. The number of fused-ring (bicyclic) bond motifs is 1. The first-order valence-electron chi connectivity index (χ1n) is 6.21. The monoisotopic (exact) mass is 330 g/mol. The van der Waals surface area contributed by atoms with Crippen molar-refractivity contribution in [3.63, 3.8) is 0 Å². The van der Waals surface area contributed by atoms with Crippen LogP contribution in [0.3, 0.4) is 0 Å². The van der Waals surface area contributed by atoms with E-state index in [1.807, 2.05) is 25.1 Å². The zero-order valence-corrected chi connectivity index (χ0v) is 13.0. The Labute approximate surface area is 130 Å². The van der Waals surface area contributed by atoms with Crippen molar-refractivity contribution in [3.8, 4) is 5.75 Å². The number of alkyl halides is 2. The number of thiazole rings is 1. The Morgan fingerprint density at radius 3 is 3.00 bits per heavy atom. The summed E-state index contributed by atoms with van der Waals surface area (Å²) >= 11 is 13.1. The van der Waals surface area contributed by atoms with Gasteiger partial charge in [-0.05, 0) is 31.5 Å². The van der Waals surface area contributed by atoms with Crippen LogP contribution in [0.25, 0.3) is 10.2 Å². The maximum absolute atomic E-state index is 11.9. The van der Waals surface area contributed by atoms with Crippen molar-refractivity contribution >= 4 is 55.8 Å². The molecule has 20 heavy (non-hydrogen) atoms. The molecule has 0 aliphatic heterocycles. The Kier molecular flexibility index (Phi) is 3.52. The number of nitrogens with zero attached hydrogens (tertiary/aromatic N) is 1. The van der Waals surface area contributed by atoms with Crippen molar-refractivity contribution in [2.75, 3.05) is 11.9 Å². The molecule has 4 nitrogen and oxygen atoms in total. The zero-order valence-electron chi connectivity index (χ0n) is 10.7. The van der Waals surface area contributed by atoms with Crippen molar-refractivity contribution in [2.24, 2.45) is 5.92 Å². The summed E-state index contributed by atoms with van der Waals surface area (Å²) in [5, 5.41) is 3.31. The standard InChI is InChI=1S/C13H12Cl2N2O2S/c1-2-19-7-3-4-9-10(5-7)20-12(16-9)17-11(18)8-6-13(8,14)15/h3-5,8H,2,6H2,1H3,(H,16,17,18)/t8-/m1/s1. The highest BCUT2D eigenvalue weighted by molar-refractivity contribution is 7.22. The summed E-state index contributed by atoms with van der Waals surface area (Å²) in [5.74, 6) is 0.264. The number of hydrogen-bond acceptors (Lipinski definition) is 4. The first-order chi connectivity index (χ1) is 9.49. The van der Waals surface area contributed by atoms with Crippen LogP contribution in [0.2, 0.25) is 0 Å². The van der Waals surface area contributed by atoms with E-state index in [2.05, 4.69) is 10.3 Å². The molecule has 1 N–H and O–H groups in total. The van der Waals surface area contributed by atoms with E-state index < -0.39 is 4.33 Å². The van der Waals surface area contributed by atoms with Crippen molar-refractivity contribution in [1.82, 2.24) is 4.98 Å². The summed E-state index contributed by atoms with van der Waals surface area (Å²) in [7, 11) is 0. The fourth-order valence-corrected chi connectivity index (χ4v) is 3.31. The summed E-state index contributed by atoms with van der Waals surface area (Å²) in [6.07, 6.45) is 0.487. The number of amides is 1. The molecule has 1 heterocycles. The lowest BCUT2D eigenvalue weighted by Gasteiger charge is -2.00. The number of carbonyl (C=O) groups excluding carboxylic acids is 1. The van der Waals surface area contributed by atoms with Crippen molar-refractivity contribution in [1.29, 1.82) is 0 Å². The third-order valence-corrected chi connectivity index (χ3v) is 4.81. The van der Waals surface area contributed by atoms with Crippen LogP contribution in [-0.2, 0) is 4.79 Å². The van der Waals surface area contributed by atoms with E-state index in [0.29, 0.717) is 18.2 Å². The molecule has 1 saturated carbocycles. The smallest absolute Gasteiger partial charge is 0.232 e. The van der Waals surface area contributed by atoms with Crippen LogP contribution in [0, 0.1) is 5.92 Å². The van der Waals surface area contributed by atoms with E-state index in [9.17, 15) is 4.79 Å². The number of hydrogen-bond donors (Lipinski definition) is 1. The van der Waals surface area contributed by atoms with Gasteiger partial charge in [0.05, 0.1) is 22.7 Å². The van der Waals surface area contributed by atoms with E-state index in [1.54, 1.807) is 0 Å². The quantitative estimate of drug-likeness (QED) is 0.867. The summed E-state index contributed by atoms with van der Waals surface area (Å²) in [6.45, 7) is 2.55. The summed E-state index contributed by atoms with van der Waals surface area (Å²) in [5.41, 5.74) is 0.826. The molecule has 0 unspecified atom stereocenters. The number of benzene rings is 1. The largest absolute Gasteiger partial charge is 0.494 e. The van der Waals surface area contributed by atoms with Gasteiger partial charge in [-0.2, -0.15) is 0 Å². The average Bonchev–Trinajstić information content (AvgIpc) is 2.85. The fourth-order valence-electron chi connectivity index (χ4n) is 1.91. The molecule has 7 heteroatoms. The second kappa shape index (κ2) is 5.06. The number of carbonyl (C=O) groups is 1. The van der Waals surface area contributed by atoms with Crippen LogP contribution in [0.1, 0.15) is 13.3 Å². The lowest BCUT2D eigenvalue weighted by Crippen LogP contribution is -2.16. The second-order valence-corrected chi connectivity index (χ2v) is 7.16. The predicted octanol–water partition coefficient (Wildman–Crippen LogP) is 3.83. The molecule has 0 radical (unpaired) electrons. The Bertz CT molecular complexity index is 671. The van der Waals surface area contributed by atoms with Crippen LogP contribution in [0.4, 0.5) is 5.13 Å². The molecule has 106 valence electrons. The number of aromatic nitrogens is 1. The lowest BCUT2D eigenvalue weighted by molar-refractivity contribution is -0.117. The van der Waals surface area contributed by atoms with Gasteiger partial charge in [-0.15, -0.1) is 23.2 Å². The topological polar surface area (TPSA) is 51.2 Å². The average molecular weight is 331 g/mol. The van der Waals surface area contributed by atoms with Crippen LogP contribution in [0.15, 0.2) is 18.2 Å². The van der Waals surface area contributed by atoms with Gasteiger partial charge < -0.3 is 10.1 Å². The highest BCUT2D eigenvalue weighted by Crippen LogP contribution is 2.53. The lowest BCUT2D eigenvalue weighted by atomic mass is 10.3. The third-order valence-electron chi connectivity index (χ3n) is 3.04. The Balaban J connectivity index is 1.77. The number of ether oxygens (including phenoxy) is 1. The van der Waals surface area contributed by atoms with Crippen LogP contribution < -0.4 is 10.1 Å². The normalized spacial score (nSPS) is 19.9. The molecule has 1 aromatic carbocycles. The van der Waals surface area contributed by atoms with Gasteiger partial charge in [-0.1, -0.05) is 11.3 Å². The van der Waals surface area contributed by atoms with Crippen LogP contribution in [0.5, 0.6) is 5.75 Å². The number of nitrogens with one attached hydrogen (secondary N) is 1. The minimum Gasteiger partial charge on any atom is -0.494 e. The number of halogens is 2. The molecule has 0 saturated heterocycles. The van der Waals surface area contributed by atoms with Gasteiger partial charge in [-0.3, -0.25) is 4.79 Å². The van der Waals surface area contributed by atoms with Crippen molar-refractivity contribution in [3.05, 3.63) is 18.2 Å². The molecule has 1 aliphatic rings. The Morgan fingerprint density at radius 1 is 1.60 bits per heavy atom. The third kappa shape index (κ3) is 2.71. The van der Waals surface area contributed by atoms with Crippen LogP contribution in [-0.4, -0.2) is 21.8 Å². The molecule has 0 bridgehead atoms. The molecule has 1 fully saturated rings. The maximum Gasteiger partial charge on any atom is 0.232 e. The Hall–Kier alpha value is -1.04. The minimum absolute atomic E-state index is 0.181. The molecule has 1 aliphatic carbocycles. The van der Waals surface area contributed by atoms with Crippen molar-refractivity contribution in [2.45, 2.75) is 17.7 Å². The molecule has 3 rings (SSSR count). The molecule has 1 atom stereocenters. The fraction of sp³-hybridized carbons (Fsp3) is 0.385. The van der Waals surface area contributed by atoms with Crippen molar-refractivity contribution < 1.29 is 9.53 Å². The highest BCUT2D eigenvalue weighted by atomic mass is 35.5. The molecular formula is C13H12Cl2N2O2S. The molecule has 0 spiro atoms.